The Balaban J connectivity index is 2.30. The molecular formula is C14H15FN2O4. The summed E-state index contributed by atoms with van der Waals surface area (Å²) in [5, 5.41) is 10.9. The zero-order valence-corrected chi connectivity index (χ0v) is 11.5. The van der Waals surface area contributed by atoms with Crippen molar-refractivity contribution < 1.29 is 18.9 Å². The predicted octanol–water partition coefficient (Wildman–Crippen LogP) is 2.52. The number of carbonyl (C=O) groups is 2. The summed E-state index contributed by atoms with van der Waals surface area (Å²) in [6.45, 7) is 2.21. The Kier molecular flexibility index (Phi) is 4.30. The molecule has 0 radical (unpaired) electrons. The molecule has 1 saturated heterocycles. The van der Waals surface area contributed by atoms with Crippen LogP contribution in [0.5, 0.6) is 0 Å². The fourth-order valence-electron chi connectivity index (χ4n) is 2.56. The average Bonchev–Trinajstić information content (AvgIpc) is 2.78. The smallest absolute Gasteiger partial charge is 0.278 e. The summed E-state index contributed by atoms with van der Waals surface area (Å²) in [5.74, 6) is -1.85. The van der Waals surface area contributed by atoms with Crippen molar-refractivity contribution in [1.82, 2.24) is 4.90 Å². The number of carbonyl (C=O) groups excluding carboxylic acids is 2. The van der Waals surface area contributed by atoms with Crippen molar-refractivity contribution in [2.45, 2.75) is 26.2 Å². The first kappa shape index (κ1) is 15.1. The Hall–Kier alpha value is -2.31. The van der Waals surface area contributed by atoms with Gasteiger partial charge in [0.2, 0.25) is 5.91 Å². The van der Waals surface area contributed by atoms with Crippen LogP contribution in [0, 0.1) is 21.8 Å². The molecule has 6 nitrogen and oxygen atoms in total. The highest BCUT2D eigenvalue weighted by molar-refractivity contribution is 6.07. The summed E-state index contributed by atoms with van der Waals surface area (Å²) in [4.78, 5) is 35.4. The molecule has 1 atom stereocenters. The summed E-state index contributed by atoms with van der Waals surface area (Å²) in [5.41, 5.74) is -0.876. The van der Waals surface area contributed by atoms with Crippen LogP contribution in [-0.4, -0.2) is 28.2 Å². The fourth-order valence-corrected chi connectivity index (χ4v) is 2.56. The van der Waals surface area contributed by atoms with Gasteiger partial charge in [0.25, 0.3) is 11.6 Å². The Morgan fingerprint density at radius 1 is 1.52 bits per heavy atom. The highest BCUT2D eigenvalue weighted by atomic mass is 19.1. The first-order valence-corrected chi connectivity index (χ1v) is 6.72. The molecule has 1 aliphatic heterocycles. The molecule has 1 aromatic rings. The van der Waals surface area contributed by atoms with E-state index in [0.29, 0.717) is 0 Å². The Morgan fingerprint density at radius 2 is 2.24 bits per heavy atom. The normalized spacial score (nSPS) is 18.1. The topological polar surface area (TPSA) is 80.5 Å². The van der Waals surface area contributed by atoms with Gasteiger partial charge in [0.15, 0.2) is 0 Å². The molecule has 1 heterocycles. The number of rotatable bonds is 4. The molecule has 1 aliphatic rings. The van der Waals surface area contributed by atoms with Crippen LogP contribution in [0.15, 0.2) is 18.2 Å². The standard InChI is InChI=1S/C14H15FN2O4/c1-2-3-9-6-13(18)16(8-9)14(19)11-7-10(15)4-5-12(11)17(20)21/h4-5,7,9H,2-3,6,8H2,1H3. The molecule has 2 amide bonds. The molecule has 112 valence electrons. The zero-order chi connectivity index (χ0) is 15.6. The molecular weight excluding hydrogens is 279 g/mol. The van der Waals surface area contributed by atoms with Crippen molar-refractivity contribution in [3.8, 4) is 0 Å². The van der Waals surface area contributed by atoms with E-state index in [4.69, 9.17) is 0 Å². The lowest BCUT2D eigenvalue weighted by Gasteiger charge is -2.14. The lowest BCUT2D eigenvalue weighted by atomic mass is 10.0. The van der Waals surface area contributed by atoms with Crippen LogP contribution in [0.25, 0.3) is 0 Å². The quantitative estimate of drug-likeness (QED) is 0.485. The van der Waals surface area contributed by atoms with Crippen molar-refractivity contribution in [2.75, 3.05) is 6.54 Å². The summed E-state index contributed by atoms with van der Waals surface area (Å²) in [6.07, 6.45) is 1.95. The lowest BCUT2D eigenvalue weighted by molar-refractivity contribution is -0.385. The van der Waals surface area contributed by atoms with E-state index >= 15 is 0 Å². The highest BCUT2D eigenvalue weighted by Crippen LogP contribution is 2.27. The maximum Gasteiger partial charge on any atom is 0.282 e. The summed E-state index contributed by atoms with van der Waals surface area (Å²) < 4.78 is 13.3. The molecule has 7 heteroatoms. The Bertz CT molecular complexity index is 603. The van der Waals surface area contributed by atoms with Gasteiger partial charge in [-0.1, -0.05) is 13.3 Å². The minimum absolute atomic E-state index is 0.0686. The molecule has 0 spiro atoms. The SMILES string of the molecule is CCCC1CC(=O)N(C(=O)c2cc(F)ccc2[N+](=O)[O-])C1. The maximum absolute atomic E-state index is 13.3. The van der Waals surface area contributed by atoms with Crippen molar-refractivity contribution >= 4 is 17.5 Å². The molecule has 1 aromatic carbocycles. The van der Waals surface area contributed by atoms with Crippen LogP contribution in [-0.2, 0) is 4.79 Å². The van der Waals surface area contributed by atoms with E-state index in [1.54, 1.807) is 0 Å². The second-order valence-corrected chi connectivity index (χ2v) is 5.09. The first-order chi connectivity index (χ1) is 9.93. The van der Waals surface area contributed by atoms with Crippen molar-refractivity contribution in [2.24, 2.45) is 5.92 Å². The lowest BCUT2D eigenvalue weighted by Crippen LogP contribution is -2.33. The molecule has 2 rings (SSSR count). The highest BCUT2D eigenvalue weighted by Gasteiger charge is 2.36. The molecule has 0 saturated carbocycles. The zero-order valence-electron chi connectivity index (χ0n) is 11.5. The number of imide groups is 1. The van der Waals surface area contributed by atoms with Gasteiger partial charge in [-0.05, 0) is 24.5 Å². The summed E-state index contributed by atoms with van der Waals surface area (Å²) >= 11 is 0. The predicted molar refractivity (Wildman–Crippen MR) is 72.1 cm³/mol. The molecule has 0 aromatic heterocycles. The van der Waals surface area contributed by atoms with Gasteiger partial charge in [-0.3, -0.25) is 24.6 Å². The van der Waals surface area contributed by atoms with E-state index in [1.807, 2.05) is 6.92 Å². The number of benzene rings is 1. The molecule has 0 aliphatic carbocycles. The number of hydrogen-bond acceptors (Lipinski definition) is 4. The van der Waals surface area contributed by atoms with Gasteiger partial charge in [-0.15, -0.1) is 0 Å². The molecule has 0 N–H and O–H groups in total. The van der Waals surface area contributed by atoms with Gasteiger partial charge >= 0.3 is 0 Å². The molecule has 1 fully saturated rings. The van der Waals surface area contributed by atoms with Crippen LogP contribution < -0.4 is 0 Å². The van der Waals surface area contributed by atoms with E-state index < -0.39 is 22.3 Å². The van der Waals surface area contributed by atoms with Crippen LogP contribution in [0.3, 0.4) is 0 Å². The van der Waals surface area contributed by atoms with E-state index in [-0.39, 0.29) is 30.4 Å². The number of likely N-dealkylation sites (tertiary alicyclic amines) is 1. The van der Waals surface area contributed by atoms with Crippen molar-refractivity contribution in [3.63, 3.8) is 0 Å². The largest absolute Gasteiger partial charge is 0.282 e. The number of halogens is 1. The number of nitrogens with zero attached hydrogens (tertiary/aromatic N) is 2. The number of nitro groups is 1. The van der Waals surface area contributed by atoms with Crippen LogP contribution in [0.2, 0.25) is 0 Å². The second kappa shape index (κ2) is 5.99. The van der Waals surface area contributed by atoms with Gasteiger partial charge in [-0.2, -0.15) is 0 Å². The summed E-state index contributed by atoms with van der Waals surface area (Å²) in [6, 6.07) is 2.66. The van der Waals surface area contributed by atoms with Crippen molar-refractivity contribution in [1.29, 1.82) is 0 Å². The fraction of sp³-hybridized carbons (Fsp3) is 0.429. The number of hydrogen-bond donors (Lipinski definition) is 0. The van der Waals surface area contributed by atoms with E-state index in [2.05, 4.69) is 0 Å². The van der Waals surface area contributed by atoms with Gasteiger partial charge < -0.3 is 0 Å². The van der Waals surface area contributed by atoms with Gasteiger partial charge in [0.05, 0.1) is 4.92 Å². The van der Waals surface area contributed by atoms with E-state index in [0.717, 1.165) is 35.9 Å². The number of amides is 2. The van der Waals surface area contributed by atoms with Gasteiger partial charge in [-0.25, -0.2) is 4.39 Å². The average molecular weight is 294 g/mol. The minimum Gasteiger partial charge on any atom is -0.278 e. The molecule has 21 heavy (non-hydrogen) atoms. The minimum atomic E-state index is -0.801. The summed E-state index contributed by atoms with van der Waals surface area (Å²) in [7, 11) is 0. The van der Waals surface area contributed by atoms with Crippen LogP contribution in [0.1, 0.15) is 36.5 Å². The van der Waals surface area contributed by atoms with Gasteiger partial charge in [0.1, 0.15) is 11.4 Å². The van der Waals surface area contributed by atoms with E-state index in [1.165, 1.54) is 0 Å². The first-order valence-electron chi connectivity index (χ1n) is 6.72. The monoisotopic (exact) mass is 294 g/mol. The van der Waals surface area contributed by atoms with Crippen LogP contribution >= 0.6 is 0 Å². The third-order valence-corrected chi connectivity index (χ3v) is 3.53. The number of nitro benzene ring substituents is 1. The third-order valence-electron chi connectivity index (χ3n) is 3.53. The Labute approximate surface area is 120 Å². The van der Waals surface area contributed by atoms with Gasteiger partial charge in [0, 0.05) is 19.0 Å². The van der Waals surface area contributed by atoms with Crippen LogP contribution in [0.4, 0.5) is 10.1 Å². The van der Waals surface area contributed by atoms with Crippen molar-refractivity contribution in [3.05, 3.63) is 39.7 Å². The van der Waals surface area contributed by atoms with E-state index in [9.17, 15) is 24.1 Å². The molecule has 0 bridgehead atoms. The maximum atomic E-state index is 13.3. The molecule has 1 unspecified atom stereocenters. The Morgan fingerprint density at radius 3 is 2.86 bits per heavy atom. The third kappa shape index (κ3) is 3.07. The second-order valence-electron chi connectivity index (χ2n) is 5.09.